The van der Waals surface area contributed by atoms with Crippen molar-refractivity contribution in [3.63, 3.8) is 0 Å². The van der Waals surface area contributed by atoms with Gasteiger partial charge in [0.1, 0.15) is 0 Å². The molecule has 5 nitrogen and oxygen atoms in total. The second kappa shape index (κ2) is 8.00. The largest absolute Gasteiger partial charge is 0.376 e. The lowest BCUT2D eigenvalue weighted by Gasteiger charge is -2.11. The molecule has 1 heterocycles. The van der Waals surface area contributed by atoms with Gasteiger partial charge in [0, 0.05) is 18.2 Å². The molecule has 2 amide bonds. The van der Waals surface area contributed by atoms with Gasteiger partial charge in [-0.1, -0.05) is 23.7 Å². The van der Waals surface area contributed by atoms with Crippen LogP contribution in [0.2, 0.25) is 5.02 Å². The lowest BCUT2D eigenvalue weighted by Crippen LogP contribution is -2.40. The van der Waals surface area contributed by atoms with Crippen LogP contribution in [0.3, 0.4) is 0 Å². The summed E-state index contributed by atoms with van der Waals surface area (Å²) in [4.78, 5) is 23.3. The van der Waals surface area contributed by atoms with E-state index in [0.717, 1.165) is 25.0 Å². The van der Waals surface area contributed by atoms with Crippen LogP contribution < -0.4 is 10.6 Å². The SMILES string of the molecule is O=C(CNC(=O)Cc1ccc(Cl)cc1)NCC1CCCO1. The first-order valence-corrected chi connectivity index (χ1v) is 7.41. The summed E-state index contributed by atoms with van der Waals surface area (Å²) in [7, 11) is 0. The van der Waals surface area contributed by atoms with Crippen molar-refractivity contribution in [1.82, 2.24) is 10.6 Å². The van der Waals surface area contributed by atoms with Gasteiger partial charge in [0.2, 0.25) is 11.8 Å². The summed E-state index contributed by atoms with van der Waals surface area (Å²) in [6, 6.07) is 7.05. The van der Waals surface area contributed by atoms with Crippen LogP contribution in [0.1, 0.15) is 18.4 Å². The second-order valence-electron chi connectivity index (χ2n) is 5.02. The van der Waals surface area contributed by atoms with Crippen LogP contribution in [0, 0.1) is 0 Å². The molecule has 1 aliphatic heterocycles. The smallest absolute Gasteiger partial charge is 0.239 e. The third-order valence-corrected chi connectivity index (χ3v) is 3.53. The maximum absolute atomic E-state index is 11.7. The molecule has 2 rings (SSSR count). The Morgan fingerprint density at radius 2 is 1.95 bits per heavy atom. The number of hydrogen-bond acceptors (Lipinski definition) is 3. The topological polar surface area (TPSA) is 67.4 Å². The van der Waals surface area contributed by atoms with Gasteiger partial charge in [-0.05, 0) is 30.5 Å². The van der Waals surface area contributed by atoms with Gasteiger partial charge in [0.05, 0.1) is 19.1 Å². The number of ether oxygens (including phenoxy) is 1. The lowest BCUT2D eigenvalue weighted by molar-refractivity contribution is -0.126. The Morgan fingerprint density at radius 1 is 1.19 bits per heavy atom. The molecule has 2 N–H and O–H groups in total. The number of hydrogen-bond donors (Lipinski definition) is 2. The molecule has 1 atom stereocenters. The monoisotopic (exact) mass is 310 g/mol. The van der Waals surface area contributed by atoms with Crippen molar-refractivity contribution in [1.29, 1.82) is 0 Å². The molecule has 1 aromatic rings. The summed E-state index contributed by atoms with van der Waals surface area (Å²) in [6.07, 6.45) is 2.36. The van der Waals surface area contributed by atoms with Gasteiger partial charge in [-0.15, -0.1) is 0 Å². The molecule has 1 aliphatic rings. The zero-order chi connectivity index (χ0) is 15.1. The average molecular weight is 311 g/mol. The molecule has 21 heavy (non-hydrogen) atoms. The first-order valence-electron chi connectivity index (χ1n) is 7.03. The van der Waals surface area contributed by atoms with Gasteiger partial charge in [-0.3, -0.25) is 9.59 Å². The average Bonchev–Trinajstić information content (AvgIpc) is 2.99. The van der Waals surface area contributed by atoms with E-state index < -0.39 is 0 Å². The third kappa shape index (κ3) is 5.73. The molecule has 0 radical (unpaired) electrons. The highest BCUT2D eigenvalue weighted by Gasteiger charge is 2.16. The Morgan fingerprint density at radius 3 is 2.62 bits per heavy atom. The number of benzene rings is 1. The number of carbonyl (C=O) groups excluding carboxylic acids is 2. The maximum atomic E-state index is 11.7. The highest BCUT2D eigenvalue weighted by molar-refractivity contribution is 6.30. The fraction of sp³-hybridized carbons (Fsp3) is 0.467. The van der Waals surface area contributed by atoms with Crippen LogP contribution in [0.5, 0.6) is 0 Å². The van der Waals surface area contributed by atoms with Crippen molar-refractivity contribution < 1.29 is 14.3 Å². The fourth-order valence-electron chi connectivity index (χ4n) is 2.12. The van der Waals surface area contributed by atoms with Crippen LogP contribution in [-0.2, 0) is 20.7 Å². The summed E-state index contributed by atoms with van der Waals surface area (Å²) in [5.41, 5.74) is 0.858. The Hall–Kier alpha value is -1.59. The van der Waals surface area contributed by atoms with Crippen molar-refractivity contribution in [3.05, 3.63) is 34.9 Å². The van der Waals surface area contributed by atoms with E-state index in [9.17, 15) is 9.59 Å². The Kier molecular flexibility index (Phi) is 6.02. The van der Waals surface area contributed by atoms with Crippen molar-refractivity contribution in [2.45, 2.75) is 25.4 Å². The van der Waals surface area contributed by atoms with Crippen molar-refractivity contribution in [3.8, 4) is 0 Å². The van der Waals surface area contributed by atoms with Gasteiger partial charge in [-0.2, -0.15) is 0 Å². The lowest BCUT2D eigenvalue weighted by atomic mass is 10.1. The summed E-state index contributed by atoms with van der Waals surface area (Å²) < 4.78 is 5.40. The first-order chi connectivity index (χ1) is 10.1. The van der Waals surface area contributed by atoms with Crippen LogP contribution in [-0.4, -0.2) is 37.6 Å². The van der Waals surface area contributed by atoms with E-state index >= 15 is 0 Å². The Bertz CT molecular complexity index is 484. The van der Waals surface area contributed by atoms with E-state index in [0.29, 0.717) is 11.6 Å². The van der Waals surface area contributed by atoms with Crippen molar-refractivity contribution in [2.75, 3.05) is 19.7 Å². The van der Waals surface area contributed by atoms with Gasteiger partial charge >= 0.3 is 0 Å². The molecule has 1 fully saturated rings. The second-order valence-corrected chi connectivity index (χ2v) is 5.46. The van der Waals surface area contributed by atoms with Crippen LogP contribution in [0.25, 0.3) is 0 Å². The summed E-state index contributed by atoms with van der Waals surface area (Å²) >= 11 is 5.78. The normalized spacial score (nSPS) is 17.5. The van der Waals surface area contributed by atoms with Crippen LogP contribution >= 0.6 is 11.6 Å². The van der Waals surface area contributed by atoms with Crippen LogP contribution in [0.15, 0.2) is 24.3 Å². The molecule has 1 aromatic carbocycles. The maximum Gasteiger partial charge on any atom is 0.239 e. The summed E-state index contributed by atoms with van der Waals surface area (Å²) in [6.45, 7) is 1.25. The van der Waals surface area contributed by atoms with E-state index in [1.54, 1.807) is 24.3 Å². The summed E-state index contributed by atoms with van der Waals surface area (Å²) in [5, 5.41) is 5.98. The van der Waals surface area contributed by atoms with Crippen LogP contribution in [0.4, 0.5) is 0 Å². The van der Waals surface area contributed by atoms with E-state index in [1.807, 2.05) is 0 Å². The predicted molar refractivity (Wildman–Crippen MR) is 80.1 cm³/mol. The Labute approximate surface area is 129 Å². The zero-order valence-corrected chi connectivity index (χ0v) is 12.5. The van der Waals surface area contributed by atoms with Gasteiger partial charge in [0.15, 0.2) is 0 Å². The molecular formula is C15H19ClN2O3. The molecule has 114 valence electrons. The number of amides is 2. The molecule has 0 saturated carbocycles. The van der Waals surface area contributed by atoms with E-state index in [2.05, 4.69) is 10.6 Å². The number of halogens is 1. The third-order valence-electron chi connectivity index (χ3n) is 3.27. The van der Waals surface area contributed by atoms with Gasteiger partial charge < -0.3 is 15.4 Å². The predicted octanol–water partition coefficient (Wildman–Crippen LogP) is 1.29. The molecule has 6 heteroatoms. The first kappa shape index (κ1) is 15.8. The summed E-state index contributed by atoms with van der Waals surface area (Å²) in [5.74, 6) is -0.389. The van der Waals surface area contributed by atoms with Crippen molar-refractivity contribution >= 4 is 23.4 Å². The molecule has 1 saturated heterocycles. The zero-order valence-electron chi connectivity index (χ0n) is 11.7. The van der Waals surface area contributed by atoms with Gasteiger partial charge in [-0.25, -0.2) is 0 Å². The molecule has 0 aliphatic carbocycles. The number of nitrogens with one attached hydrogen (secondary N) is 2. The van der Waals surface area contributed by atoms with E-state index in [1.165, 1.54) is 0 Å². The number of carbonyl (C=O) groups is 2. The minimum atomic E-state index is -0.199. The van der Waals surface area contributed by atoms with Gasteiger partial charge in [0.25, 0.3) is 0 Å². The van der Waals surface area contributed by atoms with Crippen molar-refractivity contribution in [2.24, 2.45) is 0 Å². The minimum Gasteiger partial charge on any atom is -0.376 e. The quantitative estimate of drug-likeness (QED) is 0.832. The Balaban J connectivity index is 1.63. The van der Waals surface area contributed by atoms with E-state index in [4.69, 9.17) is 16.3 Å². The molecular weight excluding hydrogens is 292 g/mol. The highest BCUT2D eigenvalue weighted by Crippen LogP contribution is 2.10. The molecule has 0 aromatic heterocycles. The minimum absolute atomic E-state index is 0.0147. The molecule has 0 bridgehead atoms. The molecule has 1 unspecified atom stereocenters. The fourth-order valence-corrected chi connectivity index (χ4v) is 2.25. The number of rotatable bonds is 6. The molecule has 0 spiro atoms. The highest BCUT2D eigenvalue weighted by atomic mass is 35.5. The van der Waals surface area contributed by atoms with E-state index in [-0.39, 0.29) is 30.9 Å². The standard InChI is InChI=1S/C15H19ClN2O3/c16-12-5-3-11(4-6-12)8-14(19)18-10-15(20)17-9-13-2-1-7-21-13/h3-6,13H,1-2,7-10H2,(H,17,20)(H,18,19).